The van der Waals surface area contributed by atoms with E-state index in [1.165, 1.54) is 27.8 Å². The normalized spacial score (nSPS) is 18.2. The van der Waals surface area contributed by atoms with Crippen LogP contribution in [0.3, 0.4) is 0 Å². The van der Waals surface area contributed by atoms with E-state index in [0.29, 0.717) is 5.56 Å². The third-order valence-electron chi connectivity index (χ3n) is 9.20. The first-order valence-electron chi connectivity index (χ1n) is 14.1. The van der Waals surface area contributed by atoms with Gasteiger partial charge in [0.1, 0.15) is 10.6 Å². The summed E-state index contributed by atoms with van der Waals surface area (Å²) in [5.41, 5.74) is 7.20. The number of hydrogen-bond donors (Lipinski definition) is 0. The third kappa shape index (κ3) is 3.69. The number of fused-ring (bicyclic) bond motifs is 5. The molecule has 39 heavy (non-hydrogen) atoms. The van der Waals surface area contributed by atoms with Gasteiger partial charge in [0.05, 0.1) is 15.8 Å². The molecule has 4 nitrogen and oxygen atoms in total. The third-order valence-corrected chi connectivity index (χ3v) is 10.3. The monoisotopic (exact) mass is 536 g/mol. The number of benzene rings is 3. The highest BCUT2D eigenvalue weighted by atomic mass is 32.1. The van der Waals surface area contributed by atoms with Gasteiger partial charge in [-0.3, -0.25) is 0 Å². The van der Waals surface area contributed by atoms with E-state index < -0.39 is 0 Å². The lowest BCUT2D eigenvalue weighted by atomic mass is 9.69. The number of aromatic nitrogens is 1. The molecule has 0 saturated heterocycles. The topological polar surface area (TPSA) is 46.3 Å². The fourth-order valence-corrected chi connectivity index (χ4v) is 7.59. The summed E-state index contributed by atoms with van der Waals surface area (Å²) in [5.74, 6) is 0. The number of thiazole rings is 1. The molecule has 5 heteroatoms. The highest BCUT2D eigenvalue weighted by Gasteiger charge is 2.42. The zero-order chi connectivity index (χ0) is 27.5. The Labute approximate surface area is 233 Å². The van der Waals surface area contributed by atoms with Crippen LogP contribution in [0.2, 0.25) is 0 Å². The van der Waals surface area contributed by atoms with Crippen molar-refractivity contribution in [2.45, 2.75) is 77.6 Å². The molecule has 0 bridgehead atoms. The quantitative estimate of drug-likeness (QED) is 0.201. The minimum absolute atomic E-state index is 0.0638. The minimum Gasteiger partial charge on any atom is -0.422 e. The van der Waals surface area contributed by atoms with Gasteiger partial charge < -0.3 is 9.32 Å². The van der Waals surface area contributed by atoms with Gasteiger partial charge in [0.25, 0.3) is 0 Å². The summed E-state index contributed by atoms with van der Waals surface area (Å²) < 4.78 is 7.32. The molecule has 0 fully saturated rings. The predicted octanol–water partition coefficient (Wildman–Crippen LogP) is 8.69. The Morgan fingerprint density at radius 3 is 2.41 bits per heavy atom. The molecule has 0 amide bonds. The van der Waals surface area contributed by atoms with E-state index in [-0.39, 0.29) is 21.9 Å². The lowest BCUT2D eigenvalue weighted by molar-refractivity contribution is 0.398. The Kier molecular flexibility index (Phi) is 5.06. The number of hydrogen-bond acceptors (Lipinski definition) is 5. The summed E-state index contributed by atoms with van der Waals surface area (Å²) in [6, 6.07) is 15.3. The van der Waals surface area contributed by atoms with Gasteiger partial charge in [0.2, 0.25) is 0 Å². The van der Waals surface area contributed by atoms with Crippen molar-refractivity contribution in [3.05, 3.63) is 69.6 Å². The first kappa shape index (κ1) is 24.8. The molecule has 5 aromatic rings. The van der Waals surface area contributed by atoms with Gasteiger partial charge in [-0.2, -0.15) is 0 Å². The summed E-state index contributed by atoms with van der Waals surface area (Å²) in [6.45, 7) is 18.1. The van der Waals surface area contributed by atoms with Crippen molar-refractivity contribution in [1.29, 1.82) is 0 Å². The van der Waals surface area contributed by atoms with Crippen molar-refractivity contribution in [3.63, 3.8) is 0 Å². The maximum absolute atomic E-state index is 13.6. The zero-order valence-corrected chi connectivity index (χ0v) is 24.8. The standard InChI is InChI=1S/C34H36N2O2S/c1-32(2,3)21-9-10-22-19(16-21)8-11-25-27(22)35-30(39-25)23-17-20-18-24-28-26(29(20)38-31(23)37)34(6,7)13-15-36(28)14-12-33(24,4)5/h8-11,16-18H,12-15H2,1-7H3. The van der Waals surface area contributed by atoms with E-state index in [2.05, 4.69) is 89.8 Å². The van der Waals surface area contributed by atoms with Crippen LogP contribution in [0.4, 0.5) is 5.69 Å². The summed E-state index contributed by atoms with van der Waals surface area (Å²) in [5, 5.41) is 4.02. The molecule has 2 aliphatic heterocycles. The average Bonchev–Trinajstić information content (AvgIpc) is 3.30. The maximum Gasteiger partial charge on any atom is 0.346 e. The molecule has 0 radical (unpaired) electrons. The van der Waals surface area contributed by atoms with Crippen LogP contribution in [0.15, 0.2) is 51.7 Å². The molecule has 0 spiro atoms. The Morgan fingerprint density at radius 2 is 1.67 bits per heavy atom. The van der Waals surface area contributed by atoms with Crippen LogP contribution >= 0.6 is 11.3 Å². The minimum atomic E-state index is -0.305. The van der Waals surface area contributed by atoms with Crippen molar-refractivity contribution < 1.29 is 4.42 Å². The number of rotatable bonds is 1. The largest absolute Gasteiger partial charge is 0.422 e. The molecule has 4 heterocycles. The van der Waals surface area contributed by atoms with Crippen LogP contribution in [-0.4, -0.2) is 18.1 Å². The van der Waals surface area contributed by atoms with Crippen molar-refractivity contribution >= 4 is 49.0 Å². The summed E-state index contributed by atoms with van der Waals surface area (Å²) in [4.78, 5) is 21.1. The van der Waals surface area contributed by atoms with Crippen LogP contribution in [0.25, 0.3) is 42.5 Å². The average molecular weight is 537 g/mol. The van der Waals surface area contributed by atoms with Gasteiger partial charge >= 0.3 is 5.63 Å². The molecule has 0 unspecified atom stereocenters. The van der Waals surface area contributed by atoms with Gasteiger partial charge in [0.15, 0.2) is 0 Å². The van der Waals surface area contributed by atoms with E-state index in [9.17, 15) is 4.79 Å². The Balaban J connectivity index is 1.45. The van der Waals surface area contributed by atoms with E-state index >= 15 is 0 Å². The SMILES string of the molecule is CC(C)(C)c1ccc2c(ccc3sc(-c4cc5cc6c7c(c5oc4=O)C(C)(C)CCN7CCC6(C)C)nc32)c1. The molecule has 2 aromatic heterocycles. The molecule has 200 valence electrons. The molecular formula is C34H36N2O2S. The number of nitrogens with zero attached hydrogens (tertiary/aromatic N) is 2. The smallest absolute Gasteiger partial charge is 0.346 e. The van der Waals surface area contributed by atoms with Crippen molar-refractivity contribution in [3.8, 4) is 10.6 Å². The fourth-order valence-electron chi connectivity index (χ4n) is 6.60. The molecule has 0 saturated carbocycles. The van der Waals surface area contributed by atoms with E-state index in [0.717, 1.165) is 57.5 Å². The predicted molar refractivity (Wildman–Crippen MR) is 165 cm³/mol. The maximum atomic E-state index is 13.6. The fraction of sp³-hybridized carbons (Fsp3) is 0.412. The Morgan fingerprint density at radius 1 is 0.923 bits per heavy atom. The van der Waals surface area contributed by atoms with Gasteiger partial charge in [-0.15, -0.1) is 11.3 Å². The van der Waals surface area contributed by atoms with Crippen LogP contribution < -0.4 is 10.5 Å². The van der Waals surface area contributed by atoms with Crippen molar-refractivity contribution in [2.75, 3.05) is 18.0 Å². The van der Waals surface area contributed by atoms with Gasteiger partial charge in [-0.05, 0) is 63.8 Å². The highest BCUT2D eigenvalue weighted by Crippen LogP contribution is 2.52. The van der Waals surface area contributed by atoms with Gasteiger partial charge in [0, 0.05) is 35.1 Å². The summed E-state index contributed by atoms with van der Waals surface area (Å²) in [7, 11) is 0. The van der Waals surface area contributed by atoms with Crippen LogP contribution in [0, 0.1) is 0 Å². The van der Waals surface area contributed by atoms with Crippen LogP contribution in [-0.2, 0) is 16.2 Å². The Bertz CT molecular complexity index is 1880. The van der Waals surface area contributed by atoms with E-state index in [1.807, 2.05) is 6.07 Å². The van der Waals surface area contributed by atoms with E-state index in [4.69, 9.17) is 9.40 Å². The Hall–Kier alpha value is -3.18. The second-order valence-electron chi connectivity index (χ2n) is 13.9. The second kappa shape index (κ2) is 7.94. The highest BCUT2D eigenvalue weighted by molar-refractivity contribution is 7.21. The first-order chi connectivity index (χ1) is 18.3. The molecule has 0 atom stereocenters. The lowest BCUT2D eigenvalue weighted by Crippen LogP contribution is -2.44. The molecule has 0 N–H and O–H groups in total. The number of anilines is 1. The first-order valence-corrected chi connectivity index (χ1v) is 14.9. The van der Waals surface area contributed by atoms with Crippen LogP contribution in [0.5, 0.6) is 0 Å². The summed E-state index contributed by atoms with van der Waals surface area (Å²) in [6.07, 6.45) is 2.17. The van der Waals surface area contributed by atoms with Crippen molar-refractivity contribution in [1.82, 2.24) is 4.98 Å². The molecule has 0 aliphatic carbocycles. The van der Waals surface area contributed by atoms with Gasteiger partial charge in [-0.25, -0.2) is 9.78 Å². The lowest BCUT2D eigenvalue weighted by Gasteiger charge is -2.48. The molecule has 2 aliphatic rings. The van der Waals surface area contributed by atoms with Crippen molar-refractivity contribution in [2.24, 2.45) is 0 Å². The van der Waals surface area contributed by atoms with Gasteiger partial charge in [-0.1, -0.05) is 72.7 Å². The van der Waals surface area contributed by atoms with Crippen LogP contribution in [0.1, 0.15) is 78.0 Å². The molecule has 3 aromatic carbocycles. The molecular weight excluding hydrogens is 500 g/mol. The second-order valence-corrected chi connectivity index (χ2v) is 14.9. The molecule has 7 rings (SSSR count). The van der Waals surface area contributed by atoms with E-state index in [1.54, 1.807) is 11.3 Å². The zero-order valence-electron chi connectivity index (χ0n) is 24.0. The summed E-state index contributed by atoms with van der Waals surface area (Å²) >= 11 is 1.57.